The number of anilines is 1. The molecule has 2 heterocycles. The SMILES string of the molecule is Cc1c2c(cc3c1oc(=O)c1ccccc13)CN(c1ccccc1C(F)(F)F)CO2. The maximum Gasteiger partial charge on any atom is 0.418 e. The van der Waals surface area contributed by atoms with Crippen molar-refractivity contribution in [1.29, 1.82) is 0 Å². The molecule has 5 rings (SSSR count). The van der Waals surface area contributed by atoms with Crippen molar-refractivity contribution in [2.75, 3.05) is 11.6 Å². The molecule has 7 heteroatoms. The molecule has 0 bridgehead atoms. The van der Waals surface area contributed by atoms with Crippen LogP contribution in [0.3, 0.4) is 0 Å². The quantitative estimate of drug-likeness (QED) is 0.301. The first-order valence-corrected chi connectivity index (χ1v) is 9.36. The van der Waals surface area contributed by atoms with E-state index in [9.17, 15) is 18.0 Å². The second-order valence-electron chi connectivity index (χ2n) is 7.29. The Hall–Kier alpha value is -3.48. The van der Waals surface area contributed by atoms with Gasteiger partial charge in [-0.25, -0.2) is 4.79 Å². The van der Waals surface area contributed by atoms with Crippen LogP contribution in [0.4, 0.5) is 18.9 Å². The van der Waals surface area contributed by atoms with Crippen LogP contribution >= 0.6 is 0 Å². The third-order valence-electron chi connectivity index (χ3n) is 5.44. The fourth-order valence-electron chi connectivity index (χ4n) is 4.08. The molecule has 30 heavy (non-hydrogen) atoms. The Kier molecular flexibility index (Phi) is 4.03. The summed E-state index contributed by atoms with van der Waals surface area (Å²) in [5.74, 6) is 0.543. The summed E-state index contributed by atoms with van der Waals surface area (Å²) in [4.78, 5) is 13.9. The van der Waals surface area contributed by atoms with Gasteiger partial charge in [-0.15, -0.1) is 0 Å². The molecule has 1 aromatic heterocycles. The second-order valence-corrected chi connectivity index (χ2v) is 7.29. The van der Waals surface area contributed by atoms with E-state index < -0.39 is 17.4 Å². The highest BCUT2D eigenvalue weighted by atomic mass is 19.4. The third kappa shape index (κ3) is 2.81. The number of fused-ring (bicyclic) bond motifs is 4. The van der Waals surface area contributed by atoms with Gasteiger partial charge < -0.3 is 14.1 Å². The molecule has 1 aliphatic rings. The molecular weight excluding hydrogens is 395 g/mol. The first kappa shape index (κ1) is 18.5. The molecule has 4 aromatic rings. The van der Waals surface area contributed by atoms with E-state index in [2.05, 4.69) is 0 Å². The molecule has 0 spiro atoms. The largest absolute Gasteiger partial charge is 0.472 e. The van der Waals surface area contributed by atoms with Gasteiger partial charge in [-0.2, -0.15) is 13.2 Å². The van der Waals surface area contributed by atoms with Crippen molar-refractivity contribution in [2.45, 2.75) is 19.6 Å². The van der Waals surface area contributed by atoms with Crippen LogP contribution in [0.15, 0.2) is 63.8 Å². The van der Waals surface area contributed by atoms with E-state index in [4.69, 9.17) is 9.15 Å². The predicted molar refractivity (Wildman–Crippen MR) is 108 cm³/mol. The maximum atomic E-state index is 13.5. The lowest BCUT2D eigenvalue weighted by Crippen LogP contribution is -2.33. The standard InChI is InChI=1S/C23H16F3NO3/c1-13-20-14(10-17-15-6-2-3-7-16(15)22(28)30-21(13)17)11-27(12-29-20)19-9-5-4-8-18(19)23(24,25)26/h2-10H,11-12H2,1H3. The van der Waals surface area contributed by atoms with Crippen molar-refractivity contribution in [3.63, 3.8) is 0 Å². The Bertz CT molecular complexity index is 1360. The summed E-state index contributed by atoms with van der Waals surface area (Å²) in [6.45, 7) is 2.00. The lowest BCUT2D eigenvalue weighted by atomic mass is 9.99. The van der Waals surface area contributed by atoms with Crippen LogP contribution in [-0.2, 0) is 12.7 Å². The van der Waals surface area contributed by atoms with E-state index in [1.807, 2.05) is 18.2 Å². The van der Waals surface area contributed by atoms with E-state index >= 15 is 0 Å². The minimum absolute atomic E-state index is 0.0374. The van der Waals surface area contributed by atoms with E-state index in [1.165, 1.54) is 12.1 Å². The van der Waals surface area contributed by atoms with E-state index in [1.54, 1.807) is 30.0 Å². The fourth-order valence-corrected chi connectivity index (χ4v) is 4.08. The van der Waals surface area contributed by atoms with Crippen LogP contribution in [-0.4, -0.2) is 6.73 Å². The van der Waals surface area contributed by atoms with E-state index in [0.29, 0.717) is 22.3 Å². The van der Waals surface area contributed by atoms with Gasteiger partial charge in [0.2, 0.25) is 0 Å². The molecular formula is C23H16F3NO3. The number of halogens is 3. The Morgan fingerprint density at radius 3 is 2.43 bits per heavy atom. The summed E-state index contributed by atoms with van der Waals surface area (Å²) in [6, 6.07) is 14.4. The average molecular weight is 411 g/mol. The van der Waals surface area contributed by atoms with Gasteiger partial charge in [-0.1, -0.05) is 30.3 Å². The average Bonchev–Trinajstić information content (AvgIpc) is 2.74. The van der Waals surface area contributed by atoms with Gasteiger partial charge in [0, 0.05) is 23.1 Å². The van der Waals surface area contributed by atoms with Crippen LogP contribution in [0.2, 0.25) is 0 Å². The van der Waals surface area contributed by atoms with Crippen LogP contribution in [0.5, 0.6) is 5.75 Å². The van der Waals surface area contributed by atoms with E-state index in [-0.39, 0.29) is 19.0 Å². The minimum atomic E-state index is -4.46. The number of alkyl halides is 3. The van der Waals surface area contributed by atoms with Gasteiger partial charge in [-0.05, 0) is 36.6 Å². The molecule has 0 saturated carbocycles. The summed E-state index contributed by atoms with van der Waals surface area (Å²) in [6.07, 6.45) is -4.46. The second kappa shape index (κ2) is 6.52. The number of hydrogen-bond acceptors (Lipinski definition) is 4. The van der Waals surface area contributed by atoms with Crippen molar-refractivity contribution in [1.82, 2.24) is 0 Å². The normalized spacial score (nSPS) is 14.1. The Labute approximate surface area is 169 Å². The minimum Gasteiger partial charge on any atom is -0.472 e. The topological polar surface area (TPSA) is 42.7 Å². The van der Waals surface area contributed by atoms with Crippen LogP contribution in [0, 0.1) is 6.92 Å². The van der Waals surface area contributed by atoms with Gasteiger partial charge in [0.05, 0.1) is 16.6 Å². The number of ether oxygens (including phenoxy) is 1. The summed E-state index contributed by atoms with van der Waals surface area (Å²) < 4.78 is 51.8. The maximum absolute atomic E-state index is 13.5. The number of aryl methyl sites for hydroxylation is 1. The molecule has 0 N–H and O–H groups in total. The molecule has 4 nitrogen and oxygen atoms in total. The van der Waals surface area contributed by atoms with Crippen molar-refractivity contribution < 1.29 is 22.3 Å². The highest BCUT2D eigenvalue weighted by Crippen LogP contribution is 2.41. The summed E-state index contributed by atoms with van der Waals surface area (Å²) in [5.41, 5.74) is 0.763. The molecule has 0 atom stereocenters. The zero-order chi connectivity index (χ0) is 21.0. The molecule has 1 aliphatic heterocycles. The summed E-state index contributed by atoms with van der Waals surface area (Å²) >= 11 is 0. The summed E-state index contributed by atoms with van der Waals surface area (Å²) in [7, 11) is 0. The Balaban J connectivity index is 1.68. The van der Waals surface area contributed by atoms with Gasteiger partial charge in [0.15, 0.2) is 6.73 Å². The Morgan fingerprint density at radius 1 is 0.967 bits per heavy atom. The van der Waals surface area contributed by atoms with Crippen molar-refractivity contribution in [2.24, 2.45) is 0 Å². The molecule has 3 aromatic carbocycles. The van der Waals surface area contributed by atoms with Gasteiger partial charge in [0.1, 0.15) is 11.3 Å². The van der Waals surface area contributed by atoms with Crippen molar-refractivity contribution in [3.8, 4) is 5.75 Å². The zero-order valence-electron chi connectivity index (χ0n) is 15.9. The van der Waals surface area contributed by atoms with Crippen molar-refractivity contribution >= 4 is 27.4 Å². The summed E-state index contributed by atoms with van der Waals surface area (Å²) in [5, 5.41) is 1.93. The first-order chi connectivity index (χ1) is 14.3. The highest BCUT2D eigenvalue weighted by molar-refractivity contribution is 6.06. The van der Waals surface area contributed by atoms with Crippen molar-refractivity contribution in [3.05, 3.63) is 81.7 Å². The van der Waals surface area contributed by atoms with Gasteiger partial charge >= 0.3 is 11.8 Å². The lowest BCUT2D eigenvalue weighted by Gasteiger charge is -2.33. The molecule has 0 saturated heterocycles. The molecule has 0 aliphatic carbocycles. The third-order valence-corrected chi connectivity index (χ3v) is 5.44. The monoisotopic (exact) mass is 411 g/mol. The van der Waals surface area contributed by atoms with E-state index in [0.717, 1.165) is 22.4 Å². The number of benzene rings is 3. The molecule has 0 fully saturated rings. The van der Waals surface area contributed by atoms with Crippen LogP contribution in [0.1, 0.15) is 16.7 Å². The molecule has 0 unspecified atom stereocenters. The van der Waals surface area contributed by atoms with Crippen LogP contribution < -0.4 is 15.3 Å². The van der Waals surface area contributed by atoms with Gasteiger partial charge in [-0.3, -0.25) is 0 Å². The smallest absolute Gasteiger partial charge is 0.418 e. The zero-order valence-corrected chi connectivity index (χ0v) is 15.9. The number of nitrogens with zero attached hydrogens (tertiary/aromatic N) is 1. The van der Waals surface area contributed by atoms with Crippen LogP contribution in [0.25, 0.3) is 21.7 Å². The molecule has 0 amide bonds. The number of hydrogen-bond donors (Lipinski definition) is 0. The fraction of sp³-hybridized carbons (Fsp3) is 0.174. The number of para-hydroxylation sites is 1. The first-order valence-electron chi connectivity index (χ1n) is 9.36. The molecule has 0 radical (unpaired) electrons. The predicted octanol–water partition coefficient (Wildman–Crippen LogP) is 5.63. The highest BCUT2D eigenvalue weighted by Gasteiger charge is 2.35. The molecule has 152 valence electrons. The number of rotatable bonds is 1. The van der Waals surface area contributed by atoms with Gasteiger partial charge in [0.25, 0.3) is 0 Å². The Morgan fingerprint density at radius 2 is 1.67 bits per heavy atom. The lowest BCUT2D eigenvalue weighted by molar-refractivity contribution is -0.137.